The van der Waals surface area contributed by atoms with Crippen LogP contribution in [-0.2, 0) is 11.2 Å². The zero-order valence-electron chi connectivity index (χ0n) is 14.2. The lowest BCUT2D eigenvalue weighted by Gasteiger charge is -2.10. The highest BCUT2D eigenvalue weighted by Gasteiger charge is 2.13. The maximum absolute atomic E-state index is 12.1. The summed E-state index contributed by atoms with van der Waals surface area (Å²) in [5, 5.41) is 13.4. The first-order valence-corrected chi connectivity index (χ1v) is 7.56. The van der Waals surface area contributed by atoms with Crippen molar-refractivity contribution in [1.29, 1.82) is 0 Å². The fraction of sp³-hybridized carbons (Fsp3) is 0.294. The SMILES string of the molecule is COc1ccc(CCC(=O)Nc2cc(C)c([N+](=O)[O-])cn2)cc1OC. The van der Waals surface area contributed by atoms with Crippen LogP contribution in [0.2, 0.25) is 0 Å². The Bertz CT molecular complexity index is 792. The number of anilines is 1. The number of hydrogen-bond acceptors (Lipinski definition) is 6. The number of carbonyl (C=O) groups excluding carboxylic acids is 1. The number of amides is 1. The summed E-state index contributed by atoms with van der Waals surface area (Å²) in [7, 11) is 3.11. The van der Waals surface area contributed by atoms with Gasteiger partial charge in [-0.3, -0.25) is 14.9 Å². The molecule has 0 atom stereocenters. The van der Waals surface area contributed by atoms with Gasteiger partial charge in [0.1, 0.15) is 12.0 Å². The maximum atomic E-state index is 12.1. The Labute approximate surface area is 144 Å². The van der Waals surface area contributed by atoms with E-state index in [9.17, 15) is 14.9 Å². The van der Waals surface area contributed by atoms with Gasteiger partial charge < -0.3 is 14.8 Å². The van der Waals surface area contributed by atoms with E-state index in [1.807, 2.05) is 12.1 Å². The van der Waals surface area contributed by atoms with Crippen molar-refractivity contribution in [2.24, 2.45) is 0 Å². The number of nitrogens with one attached hydrogen (secondary N) is 1. The zero-order chi connectivity index (χ0) is 18.4. The van der Waals surface area contributed by atoms with Crippen molar-refractivity contribution < 1.29 is 19.2 Å². The second kappa shape index (κ2) is 8.09. The van der Waals surface area contributed by atoms with E-state index in [-0.39, 0.29) is 18.0 Å². The second-order valence-electron chi connectivity index (χ2n) is 5.35. The summed E-state index contributed by atoms with van der Waals surface area (Å²) in [5.41, 5.74) is 1.29. The zero-order valence-corrected chi connectivity index (χ0v) is 14.2. The molecule has 0 unspecified atom stereocenters. The topological polar surface area (TPSA) is 104 Å². The van der Waals surface area contributed by atoms with Gasteiger partial charge in [0.15, 0.2) is 11.5 Å². The minimum Gasteiger partial charge on any atom is -0.493 e. The number of aromatic nitrogens is 1. The normalized spacial score (nSPS) is 10.2. The molecule has 2 rings (SSSR count). The average molecular weight is 345 g/mol. The third-order valence-corrected chi connectivity index (χ3v) is 3.64. The van der Waals surface area contributed by atoms with Crippen LogP contribution in [0.5, 0.6) is 11.5 Å². The number of hydrogen-bond donors (Lipinski definition) is 1. The van der Waals surface area contributed by atoms with Crippen molar-refractivity contribution >= 4 is 17.4 Å². The van der Waals surface area contributed by atoms with Crippen molar-refractivity contribution in [2.75, 3.05) is 19.5 Å². The first-order valence-electron chi connectivity index (χ1n) is 7.56. The second-order valence-corrected chi connectivity index (χ2v) is 5.35. The van der Waals surface area contributed by atoms with E-state index in [0.717, 1.165) is 11.8 Å². The molecule has 0 aliphatic heterocycles. The predicted molar refractivity (Wildman–Crippen MR) is 92.1 cm³/mol. The van der Waals surface area contributed by atoms with Crippen LogP contribution >= 0.6 is 0 Å². The maximum Gasteiger partial charge on any atom is 0.290 e. The molecule has 132 valence electrons. The summed E-state index contributed by atoms with van der Waals surface area (Å²) in [4.78, 5) is 26.2. The molecule has 2 aromatic rings. The van der Waals surface area contributed by atoms with Gasteiger partial charge in [-0.1, -0.05) is 6.07 Å². The smallest absolute Gasteiger partial charge is 0.290 e. The summed E-state index contributed by atoms with van der Waals surface area (Å²) in [6, 6.07) is 6.95. The van der Waals surface area contributed by atoms with Crippen LogP contribution in [0.1, 0.15) is 17.5 Å². The Morgan fingerprint density at radius 3 is 2.56 bits per heavy atom. The summed E-state index contributed by atoms with van der Waals surface area (Å²) < 4.78 is 10.4. The van der Waals surface area contributed by atoms with Crippen LogP contribution in [0.15, 0.2) is 30.5 Å². The number of methoxy groups -OCH3 is 2. The lowest BCUT2D eigenvalue weighted by atomic mass is 10.1. The van der Waals surface area contributed by atoms with Gasteiger partial charge in [-0.2, -0.15) is 0 Å². The van der Waals surface area contributed by atoms with Crippen LogP contribution in [0.3, 0.4) is 0 Å². The van der Waals surface area contributed by atoms with Crippen molar-refractivity contribution in [3.63, 3.8) is 0 Å². The van der Waals surface area contributed by atoms with Crippen LogP contribution in [-0.4, -0.2) is 30.0 Å². The molecule has 0 bridgehead atoms. The average Bonchev–Trinajstić information content (AvgIpc) is 2.59. The molecule has 0 saturated carbocycles. The molecule has 1 N–H and O–H groups in total. The van der Waals surface area contributed by atoms with E-state index in [1.54, 1.807) is 27.2 Å². The minimum absolute atomic E-state index is 0.0803. The minimum atomic E-state index is -0.509. The highest BCUT2D eigenvalue weighted by molar-refractivity contribution is 5.90. The van der Waals surface area contributed by atoms with Gasteiger partial charge in [0.25, 0.3) is 5.69 Å². The first kappa shape index (κ1) is 18.2. The number of pyridine rings is 1. The molecule has 1 aromatic carbocycles. The summed E-state index contributed by atoms with van der Waals surface area (Å²) in [6.07, 6.45) is 1.89. The van der Waals surface area contributed by atoms with Crippen LogP contribution in [0.4, 0.5) is 11.5 Å². The molecule has 0 fully saturated rings. The quantitative estimate of drug-likeness (QED) is 0.611. The van der Waals surface area contributed by atoms with Gasteiger partial charge in [-0.15, -0.1) is 0 Å². The van der Waals surface area contributed by atoms with Gasteiger partial charge in [-0.25, -0.2) is 4.98 Å². The number of nitrogens with zero attached hydrogens (tertiary/aromatic N) is 2. The van der Waals surface area contributed by atoms with E-state index in [2.05, 4.69) is 10.3 Å². The fourth-order valence-corrected chi connectivity index (χ4v) is 2.31. The number of rotatable bonds is 7. The Morgan fingerprint density at radius 1 is 1.24 bits per heavy atom. The van der Waals surface area contributed by atoms with Gasteiger partial charge in [0, 0.05) is 12.0 Å². The largest absolute Gasteiger partial charge is 0.493 e. The third-order valence-electron chi connectivity index (χ3n) is 3.64. The molecule has 0 aliphatic carbocycles. The molecule has 25 heavy (non-hydrogen) atoms. The molecule has 8 nitrogen and oxygen atoms in total. The Hall–Kier alpha value is -3.16. The van der Waals surface area contributed by atoms with E-state index >= 15 is 0 Å². The van der Waals surface area contributed by atoms with E-state index in [1.165, 1.54) is 6.07 Å². The van der Waals surface area contributed by atoms with Crippen molar-refractivity contribution in [2.45, 2.75) is 19.8 Å². The number of ether oxygens (including phenoxy) is 2. The molecule has 0 spiro atoms. The molecular weight excluding hydrogens is 326 g/mol. The van der Waals surface area contributed by atoms with Gasteiger partial charge >= 0.3 is 0 Å². The lowest BCUT2D eigenvalue weighted by molar-refractivity contribution is -0.385. The molecule has 8 heteroatoms. The first-order chi connectivity index (χ1) is 11.9. The molecule has 1 aromatic heterocycles. The molecule has 0 radical (unpaired) electrons. The summed E-state index contributed by atoms with van der Waals surface area (Å²) in [6.45, 7) is 1.60. The van der Waals surface area contributed by atoms with Gasteiger partial charge in [0.05, 0.1) is 19.1 Å². The molecular formula is C17H19N3O5. The monoisotopic (exact) mass is 345 g/mol. The van der Waals surface area contributed by atoms with E-state index < -0.39 is 4.92 Å². The summed E-state index contributed by atoms with van der Waals surface area (Å²) in [5.74, 6) is 1.30. The van der Waals surface area contributed by atoms with Gasteiger partial charge in [-0.05, 0) is 37.1 Å². The van der Waals surface area contributed by atoms with E-state index in [0.29, 0.717) is 29.3 Å². The fourth-order valence-electron chi connectivity index (χ4n) is 2.31. The van der Waals surface area contributed by atoms with Crippen molar-refractivity contribution in [1.82, 2.24) is 4.98 Å². The number of aryl methyl sites for hydroxylation is 2. The molecule has 1 heterocycles. The number of benzene rings is 1. The number of carbonyl (C=O) groups is 1. The standard InChI is InChI=1S/C17H19N3O5/c1-11-8-16(18-10-13(11)20(22)23)19-17(21)7-5-12-4-6-14(24-2)15(9-12)25-3/h4,6,8-10H,5,7H2,1-3H3,(H,18,19,21). The van der Waals surface area contributed by atoms with E-state index in [4.69, 9.17) is 9.47 Å². The third kappa shape index (κ3) is 4.66. The Kier molecular flexibility index (Phi) is 5.89. The highest BCUT2D eigenvalue weighted by Crippen LogP contribution is 2.28. The van der Waals surface area contributed by atoms with Crippen LogP contribution in [0, 0.1) is 17.0 Å². The predicted octanol–water partition coefficient (Wildman–Crippen LogP) is 2.89. The Morgan fingerprint density at radius 2 is 1.96 bits per heavy atom. The summed E-state index contributed by atoms with van der Waals surface area (Å²) >= 11 is 0. The lowest BCUT2D eigenvalue weighted by Crippen LogP contribution is -2.13. The van der Waals surface area contributed by atoms with Crippen LogP contribution < -0.4 is 14.8 Å². The molecule has 1 amide bonds. The van der Waals surface area contributed by atoms with Crippen molar-refractivity contribution in [3.8, 4) is 11.5 Å². The highest BCUT2D eigenvalue weighted by atomic mass is 16.6. The Balaban J connectivity index is 1.97. The van der Waals surface area contributed by atoms with Crippen LogP contribution in [0.25, 0.3) is 0 Å². The number of nitro groups is 1. The van der Waals surface area contributed by atoms with Crippen molar-refractivity contribution in [3.05, 3.63) is 51.7 Å². The molecule has 0 saturated heterocycles. The molecule has 0 aliphatic rings. The van der Waals surface area contributed by atoms with Gasteiger partial charge in [0.2, 0.25) is 5.91 Å².